The van der Waals surface area contributed by atoms with Crippen molar-refractivity contribution in [2.45, 2.75) is 19.3 Å². The second-order valence-electron chi connectivity index (χ2n) is 4.85. The Morgan fingerprint density at radius 1 is 1.36 bits per heavy atom. The molecule has 1 unspecified atom stereocenters. The minimum absolute atomic E-state index is 0.00704. The highest BCUT2D eigenvalue weighted by atomic mass is 19.1. The molecule has 1 amide bonds. The second kappa shape index (κ2) is 6.84. The quantitative estimate of drug-likeness (QED) is 0.846. The van der Waals surface area contributed by atoms with Crippen molar-refractivity contribution in [2.24, 2.45) is 0 Å². The van der Waals surface area contributed by atoms with Crippen molar-refractivity contribution in [3.63, 3.8) is 0 Å². The molecule has 2 aromatic rings. The highest BCUT2D eigenvalue weighted by Gasteiger charge is 2.21. The zero-order valence-corrected chi connectivity index (χ0v) is 11.9. The number of amides is 1. The number of nitrogens with zero attached hydrogens (tertiary/aromatic N) is 1. The van der Waals surface area contributed by atoms with Crippen molar-refractivity contribution in [1.82, 2.24) is 10.5 Å². The number of hydrogen-bond acceptors (Lipinski definition) is 4. The zero-order valence-electron chi connectivity index (χ0n) is 11.9. The van der Waals surface area contributed by atoms with E-state index < -0.39 is 17.7 Å². The van der Waals surface area contributed by atoms with Crippen LogP contribution < -0.4 is 5.32 Å². The Morgan fingerprint density at radius 3 is 2.59 bits per heavy atom. The van der Waals surface area contributed by atoms with Crippen molar-refractivity contribution in [1.29, 1.82) is 0 Å². The van der Waals surface area contributed by atoms with E-state index in [0.717, 1.165) is 0 Å². The van der Waals surface area contributed by atoms with Crippen LogP contribution in [0.1, 0.15) is 22.9 Å². The van der Waals surface area contributed by atoms with Crippen LogP contribution in [-0.4, -0.2) is 28.7 Å². The summed E-state index contributed by atoms with van der Waals surface area (Å²) in [4.78, 5) is 23.1. The fraction of sp³-hybridized carbons (Fsp3) is 0.267. The molecule has 0 aliphatic rings. The predicted molar refractivity (Wildman–Crippen MR) is 74.7 cm³/mol. The first-order chi connectivity index (χ1) is 10.5. The number of halogens is 1. The average Bonchev–Trinajstić information content (AvgIpc) is 2.86. The van der Waals surface area contributed by atoms with Gasteiger partial charge in [0.05, 0.1) is 18.0 Å². The standard InChI is InChI=1S/C15H15FN2O4/c1-9-6-12(18-22-9)7-14(19)17-8-13(15(20)21)10-2-4-11(16)5-3-10/h2-6,13H,7-8H2,1H3,(H,17,19)(H,20,21). The summed E-state index contributed by atoms with van der Waals surface area (Å²) in [5.41, 5.74) is 0.898. The normalized spacial score (nSPS) is 11.9. The number of benzene rings is 1. The second-order valence-corrected chi connectivity index (χ2v) is 4.85. The van der Waals surface area contributed by atoms with E-state index in [1.165, 1.54) is 24.3 Å². The maximum absolute atomic E-state index is 12.9. The summed E-state index contributed by atoms with van der Waals surface area (Å²) in [7, 11) is 0. The number of rotatable bonds is 6. The Labute approximate surface area is 125 Å². The predicted octanol–water partition coefficient (Wildman–Crippen LogP) is 1.65. The van der Waals surface area contributed by atoms with Crippen LogP contribution in [0.2, 0.25) is 0 Å². The van der Waals surface area contributed by atoms with E-state index in [0.29, 0.717) is 17.0 Å². The first-order valence-electron chi connectivity index (χ1n) is 6.63. The molecular formula is C15H15FN2O4. The molecule has 0 bridgehead atoms. The molecule has 1 atom stereocenters. The van der Waals surface area contributed by atoms with Gasteiger partial charge in [0.2, 0.25) is 5.91 Å². The highest BCUT2D eigenvalue weighted by molar-refractivity contribution is 5.80. The number of carboxylic acids is 1. The molecule has 116 valence electrons. The zero-order chi connectivity index (χ0) is 16.1. The number of aliphatic carboxylic acids is 1. The molecule has 2 N–H and O–H groups in total. The van der Waals surface area contributed by atoms with Crippen LogP contribution in [0.25, 0.3) is 0 Å². The number of aromatic nitrogens is 1. The Hall–Kier alpha value is -2.70. The van der Waals surface area contributed by atoms with Gasteiger partial charge in [-0.25, -0.2) is 4.39 Å². The van der Waals surface area contributed by atoms with Crippen LogP contribution in [0, 0.1) is 12.7 Å². The van der Waals surface area contributed by atoms with Gasteiger partial charge in [0.1, 0.15) is 11.6 Å². The number of aryl methyl sites for hydroxylation is 1. The number of nitrogens with one attached hydrogen (secondary N) is 1. The molecular weight excluding hydrogens is 291 g/mol. The maximum Gasteiger partial charge on any atom is 0.312 e. The van der Waals surface area contributed by atoms with E-state index in [4.69, 9.17) is 4.52 Å². The van der Waals surface area contributed by atoms with E-state index in [1.807, 2.05) is 0 Å². The average molecular weight is 306 g/mol. The molecule has 0 fully saturated rings. The van der Waals surface area contributed by atoms with Gasteiger partial charge in [-0.05, 0) is 24.6 Å². The Morgan fingerprint density at radius 2 is 2.05 bits per heavy atom. The van der Waals surface area contributed by atoms with Crippen LogP contribution in [0.15, 0.2) is 34.9 Å². The molecule has 1 aromatic carbocycles. The summed E-state index contributed by atoms with van der Waals surface area (Å²) in [6.45, 7) is 1.63. The van der Waals surface area contributed by atoms with Gasteiger partial charge in [-0.3, -0.25) is 9.59 Å². The van der Waals surface area contributed by atoms with Crippen molar-refractivity contribution in [3.05, 3.63) is 53.2 Å². The van der Waals surface area contributed by atoms with Gasteiger partial charge in [0.25, 0.3) is 0 Å². The fourth-order valence-electron chi connectivity index (χ4n) is 1.99. The highest BCUT2D eigenvalue weighted by Crippen LogP contribution is 2.16. The van der Waals surface area contributed by atoms with E-state index in [-0.39, 0.29) is 18.9 Å². The Balaban J connectivity index is 1.95. The van der Waals surface area contributed by atoms with E-state index >= 15 is 0 Å². The molecule has 0 saturated heterocycles. The minimum atomic E-state index is -1.09. The summed E-state index contributed by atoms with van der Waals surface area (Å²) in [6, 6.07) is 6.79. The lowest BCUT2D eigenvalue weighted by Crippen LogP contribution is -2.32. The summed E-state index contributed by atoms with van der Waals surface area (Å²) < 4.78 is 17.7. The molecule has 0 spiro atoms. The van der Waals surface area contributed by atoms with Crippen molar-refractivity contribution < 1.29 is 23.6 Å². The summed E-state index contributed by atoms with van der Waals surface area (Å²) >= 11 is 0. The Kier molecular flexibility index (Phi) is 4.88. The number of carboxylic acid groups (broad SMARTS) is 1. The topological polar surface area (TPSA) is 92.4 Å². The lowest BCUT2D eigenvalue weighted by atomic mass is 9.99. The first kappa shape index (κ1) is 15.7. The lowest BCUT2D eigenvalue weighted by molar-refractivity contribution is -0.138. The molecule has 22 heavy (non-hydrogen) atoms. The molecule has 0 radical (unpaired) electrons. The summed E-state index contributed by atoms with van der Waals surface area (Å²) in [5, 5.41) is 15.5. The third-order valence-electron chi connectivity index (χ3n) is 3.09. The number of carbonyl (C=O) groups is 2. The summed E-state index contributed by atoms with van der Waals surface area (Å²) in [6.07, 6.45) is 0.00704. The van der Waals surface area contributed by atoms with E-state index in [1.54, 1.807) is 13.0 Å². The van der Waals surface area contributed by atoms with Gasteiger partial charge >= 0.3 is 5.97 Å². The van der Waals surface area contributed by atoms with Crippen LogP contribution in [-0.2, 0) is 16.0 Å². The van der Waals surface area contributed by atoms with Gasteiger partial charge in [0, 0.05) is 12.6 Å². The number of hydrogen-bond donors (Lipinski definition) is 2. The molecule has 1 heterocycles. The smallest absolute Gasteiger partial charge is 0.312 e. The van der Waals surface area contributed by atoms with E-state index in [2.05, 4.69) is 10.5 Å². The van der Waals surface area contributed by atoms with Gasteiger partial charge < -0.3 is 14.9 Å². The maximum atomic E-state index is 12.9. The van der Waals surface area contributed by atoms with Crippen LogP contribution in [0.5, 0.6) is 0 Å². The van der Waals surface area contributed by atoms with Gasteiger partial charge in [0.15, 0.2) is 0 Å². The van der Waals surface area contributed by atoms with Crippen LogP contribution >= 0.6 is 0 Å². The minimum Gasteiger partial charge on any atom is -0.481 e. The summed E-state index contributed by atoms with van der Waals surface area (Å²) in [5.74, 6) is -2.25. The van der Waals surface area contributed by atoms with E-state index in [9.17, 15) is 19.1 Å². The van der Waals surface area contributed by atoms with Crippen molar-refractivity contribution in [2.75, 3.05) is 6.54 Å². The molecule has 7 heteroatoms. The first-order valence-corrected chi connectivity index (χ1v) is 6.63. The largest absolute Gasteiger partial charge is 0.481 e. The van der Waals surface area contributed by atoms with Gasteiger partial charge in [-0.2, -0.15) is 0 Å². The molecule has 6 nitrogen and oxygen atoms in total. The monoisotopic (exact) mass is 306 g/mol. The molecule has 1 aromatic heterocycles. The third-order valence-corrected chi connectivity index (χ3v) is 3.09. The van der Waals surface area contributed by atoms with Crippen LogP contribution in [0.4, 0.5) is 4.39 Å². The third kappa shape index (κ3) is 4.15. The van der Waals surface area contributed by atoms with Crippen molar-refractivity contribution >= 4 is 11.9 Å². The molecule has 2 rings (SSSR count). The van der Waals surface area contributed by atoms with Gasteiger partial charge in [-0.1, -0.05) is 17.3 Å². The molecule has 0 saturated carbocycles. The van der Waals surface area contributed by atoms with Crippen LogP contribution in [0.3, 0.4) is 0 Å². The lowest BCUT2D eigenvalue weighted by Gasteiger charge is -2.13. The van der Waals surface area contributed by atoms with Crippen molar-refractivity contribution in [3.8, 4) is 0 Å². The SMILES string of the molecule is Cc1cc(CC(=O)NCC(C(=O)O)c2ccc(F)cc2)no1. The molecule has 0 aliphatic carbocycles. The Bertz CT molecular complexity index is 666. The fourth-order valence-corrected chi connectivity index (χ4v) is 1.99. The molecule has 0 aliphatic heterocycles. The number of carbonyl (C=O) groups excluding carboxylic acids is 1. The van der Waals surface area contributed by atoms with Gasteiger partial charge in [-0.15, -0.1) is 0 Å².